The Morgan fingerprint density at radius 1 is 1.63 bits per heavy atom. The number of terminal acetylenes is 1. The first kappa shape index (κ1) is 15.3. The number of carbonyl (C=O) groups is 2. The molecule has 1 saturated heterocycles. The summed E-state index contributed by atoms with van der Waals surface area (Å²) in [7, 11) is 1.61. The van der Waals surface area contributed by atoms with E-state index in [-0.39, 0.29) is 12.5 Å². The molecule has 1 rings (SSSR count). The molecule has 0 radical (unpaired) electrons. The van der Waals surface area contributed by atoms with Crippen molar-refractivity contribution in [1.82, 2.24) is 10.2 Å². The number of nitrogens with one attached hydrogen (secondary N) is 1. The number of ether oxygens (including phenoxy) is 1. The predicted octanol–water partition coefficient (Wildman–Crippen LogP) is 0.529. The lowest BCUT2D eigenvalue weighted by Gasteiger charge is -2.36. The van der Waals surface area contributed by atoms with Gasteiger partial charge >= 0.3 is 12.0 Å². The fraction of sp³-hybridized carbons (Fsp3) is 0.692. The van der Waals surface area contributed by atoms with Gasteiger partial charge in [-0.15, -0.1) is 12.3 Å². The maximum atomic E-state index is 12.0. The summed E-state index contributed by atoms with van der Waals surface area (Å²) in [6, 6.07) is -1.45. The van der Waals surface area contributed by atoms with Gasteiger partial charge in [-0.25, -0.2) is 9.59 Å². The quantitative estimate of drug-likeness (QED) is 0.729. The first-order valence-electron chi connectivity index (χ1n) is 6.24. The summed E-state index contributed by atoms with van der Waals surface area (Å²) in [5.41, 5.74) is 0. The number of hydrogen-bond acceptors (Lipinski definition) is 3. The Bertz CT molecular complexity index is 377. The van der Waals surface area contributed by atoms with Gasteiger partial charge in [0.15, 0.2) is 0 Å². The van der Waals surface area contributed by atoms with E-state index >= 15 is 0 Å². The van der Waals surface area contributed by atoms with Crippen molar-refractivity contribution >= 4 is 12.0 Å². The Labute approximate surface area is 113 Å². The summed E-state index contributed by atoms with van der Waals surface area (Å²) in [6.07, 6.45) is 5.87. The minimum atomic E-state index is -1.13. The molecule has 2 amide bonds. The van der Waals surface area contributed by atoms with Gasteiger partial charge in [-0.05, 0) is 12.3 Å². The Hall–Kier alpha value is -1.74. The third-order valence-corrected chi connectivity index (χ3v) is 3.40. The van der Waals surface area contributed by atoms with Crippen LogP contribution in [0.4, 0.5) is 4.79 Å². The SMILES string of the molecule is C#CCC(NC(=O)N1CCC(C)C(OC)C1)C(=O)O. The van der Waals surface area contributed by atoms with Gasteiger partial charge < -0.3 is 20.1 Å². The van der Waals surface area contributed by atoms with Crippen molar-refractivity contribution in [2.24, 2.45) is 5.92 Å². The van der Waals surface area contributed by atoms with E-state index in [4.69, 9.17) is 16.3 Å². The molecule has 0 aromatic rings. The lowest BCUT2D eigenvalue weighted by Crippen LogP contribution is -2.53. The van der Waals surface area contributed by atoms with Crippen molar-refractivity contribution in [2.75, 3.05) is 20.2 Å². The average Bonchev–Trinajstić information content (AvgIpc) is 2.38. The molecular weight excluding hydrogens is 248 g/mol. The van der Waals surface area contributed by atoms with E-state index in [1.807, 2.05) is 0 Å². The average molecular weight is 268 g/mol. The molecule has 106 valence electrons. The number of methoxy groups -OCH3 is 1. The molecule has 1 aliphatic heterocycles. The van der Waals surface area contributed by atoms with Crippen molar-refractivity contribution in [2.45, 2.75) is 31.9 Å². The van der Waals surface area contributed by atoms with E-state index in [2.05, 4.69) is 18.2 Å². The van der Waals surface area contributed by atoms with Crippen LogP contribution in [-0.4, -0.2) is 54.4 Å². The number of carbonyl (C=O) groups excluding carboxylic acids is 1. The number of urea groups is 1. The van der Waals surface area contributed by atoms with Crippen molar-refractivity contribution in [3.8, 4) is 12.3 Å². The van der Waals surface area contributed by atoms with E-state index in [9.17, 15) is 9.59 Å². The fourth-order valence-electron chi connectivity index (χ4n) is 2.08. The van der Waals surface area contributed by atoms with Gasteiger partial charge in [-0.1, -0.05) is 6.92 Å². The van der Waals surface area contributed by atoms with Crippen molar-refractivity contribution in [1.29, 1.82) is 0 Å². The van der Waals surface area contributed by atoms with Crippen LogP contribution in [0.15, 0.2) is 0 Å². The minimum absolute atomic E-state index is 0.0181. The zero-order valence-electron chi connectivity index (χ0n) is 11.3. The summed E-state index contributed by atoms with van der Waals surface area (Å²) >= 11 is 0. The van der Waals surface area contributed by atoms with E-state index in [1.54, 1.807) is 12.0 Å². The monoisotopic (exact) mass is 268 g/mol. The van der Waals surface area contributed by atoms with Gasteiger partial charge in [0.25, 0.3) is 0 Å². The molecule has 1 heterocycles. The number of nitrogens with zero attached hydrogens (tertiary/aromatic N) is 1. The summed E-state index contributed by atoms with van der Waals surface area (Å²) < 4.78 is 5.31. The summed E-state index contributed by atoms with van der Waals surface area (Å²) in [6.45, 7) is 3.13. The second-order valence-electron chi connectivity index (χ2n) is 4.73. The highest BCUT2D eigenvalue weighted by Gasteiger charge is 2.30. The van der Waals surface area contributed by atoms with E-state index < -0.39 is 18.0 Å². The number of aliphatic carboxylic acids is 1. The summed E-state index contributed by atoms with van der Waals surface area (Å²) in [5.74, 6) is 1.50. The number of hydrogen-bond donors (Lipinski definition) is 2. The lowest BCUT2D eigenvalue weighted by atomic mass is 9.96. The van der Waals surface area contributed by atoms with Gasteiger partial charge in [-0.2, -0.15) is 0 Å². The van der Waals surface area contributed by atoms with Gasteiger partial charge in [0.1, 0.15) is 6.04 Å². The Morgan fingerprint density at radius 2 is 2.32 bits per heavy atom. The third kappa shape index (κ3) is 4.14. The number of likely N-dealkylation sites (tertiary alicyclic amines) is 1. The molecule has 6 nitrogen and oxygen atoms in total. The van der Waals surface area contributed by atoms with Gasteiger partial charge in [0.2, 0.25) is 0 Å². The van der Waals surface area contributed by atoms with Crippen LogP contribution in [-0.2, 0) is 9.53 Å². The van der Waals surface area contributed by atoms with Crippen LogP contribution in [0.2, 0.25) is 0 Å². The highest BCUT2D eigenvalue weighted by molar-refractivity contribution is 5.82. The molecule has 0 bridgehead atoms. The van der Waals surface area contributed by atoms with Crippen molar-refractivity contribution in [3.05, 3.63) is 0 Å². The van der Waals surface area contributed by atoms with E-state index in [1.165, 1.54) is 0 Å². The molecule has 3 atom stereocenters. The van der Waals surface area contributed by atoms with Gasteiger partial charge in [0, 0.05) is 26.6 Å². The molecular formula is C13H20N2O4. The first-order valence-corrected chi connectivity index (χ1v) is 6.24. The molecule has 1 aliphatic rings. The number of carboxylic acids is 1. The molecule has 1 fully saturated rings. The van der Waals surface area contributed by atoms with Crippen LogP contribution in [0.25, 0.3) is 0 Å². The highest BCUT2D eigenvalue weighted by atomic mass is 16.5. The molecule has 19 heavy (non-hydrogen) atoms. The smallest absolute Gasteiger partial charge is 0.327 e. The highest BCUT2D eigenvalue weighted by Crippen LogP contribution is 2.19. The van der Waals surface area contributed by atoms with E-state index in [0.29, 0.717) is 19.0 Å². The Morgan fingerprint density at radius 3 is 2.84 bits per heavy atom. The second kappa shape index (κ2) is 7.00. The van der Waals surface area contributed by atoms with Crippen LogP contribution >= 0.6 is 0 Å². The topological polar surface area (TPSA) is 78.9 Å². The van der Waals surface area contributed by atoms with Crippen LogP contribution in [0.1, 0.15) is 19.8 Å². The number of carboxylic acid groups (broad SMARTS) is 1. The van der Waals surface area contributed by atoms with Gasteiger partial charge in [-0.3, -0.25) is 0 Å². The largest absolute Gasteiger partial charge is 0.480 e. The maximum Gasteiger partial charge on any atom is 0.327 e. The van der Waals surface area contributed by atoms with E-state index in [0.717, 1.165) is 6.42 Å². The lowest BCUT2D eigenvalue weighted by molar-refractivity contribution is -0.139. The third-order valence-electron chi connectivity index (χ3n) is 3.40. The zero-order chi connectivity index (χ0) is 14.4. The zero-order valence-corrected chi connectivity index (χ0v) is 11.3. The molecule has 0 saturated carbocycles. The summed E-state index contributed by atoms with van der Waals surface area (Å²) in [5, 5.41) is 11.4. The molecule has 6 heteroatoms. The predicted molar refractivity (Wildman–Crippen MR) is 69.6 cm³/mol. The molecule has 0 aliphatic carbocycles. The van der Waals surface area contributed by atoms with Gasteiger partial charge in [0.05, 0.1) is 6.10 Å². The van der Waals surface area contributed by atoms with Crippen molar-refractivity contribution in [3.63, 3.8) is 0 Å². The first-order chi connectivity index (χ1) is 8.99. The van der Waals surface area contributed by atoms with Crippen LogP contribution in [0, 0.1) is 18.3 Å². The van der Waals surface area contributed by atoms with Crippen LogP contribution in [0.5, 0.6) is 0 Å². The fourth-order valence-corrected chi connectivity index (χ4v) is 2.08. The number of rotatable bonds is 4. The summed E-state index contributed by atoms with van der Waals surface area (Å²) in [4.78, 5) is 24.5. The molecule has 0 spiro atoms. The number of amides is 2. The molecule has 0 aromatic heterocycles. The molecule has 2 N–H and O–H groups in total. The van der Waals surface area contributed by atoms with Crippen molar-refractivity contribution < 1.29 is 19.4 Å². The molecule has 0 aromatic carbocycles. The Balaban J connectivity index is 2.58. The maximum absolute atomic E-state index is 12.0. The second-order valence-corrected chi connectivity index (χ2v) is 4.73. The number of piperidine rings is 1. The molecule has 3 unspecified atom stereocenters. The Kier molecular flexibility index (Phi) is 5.64. The van der Waals surface area contributed by atoms with Crippen LogP contribution in [0.3, 0.4) is 0 Å². The standard InChI is InChI=1S/C13H20N2O4/c1-4-5-10(12(16)17)14-13(18)15-7-6-9(2)11(8-15)19-3/h1,9-11H,5-8H2,2-3H3,(H,14,18)(H,16,17). The van der Waals surface area contributed by atoms with Crippen LogP contribution < -0.4 is 5.32 Å². The minimum Gasteiger partial charge on any atom is -0.480 e. The normalized spacial score (nSPS) is 24.4.